The number of carbonyl (C=O) groups excluding carboxylic acids is 1. The van der Waals surface area contributed by atoms with Crippen molar-refractivity contribution in [1.82, 2.24) is 24.4 Å². The van der Waals surface area contributed by atoms with Crippen molar-refractivity contribution in [3.63, 3.8) is 0 Å². The fourth-order valence-corrected chi connectivity index (χ4v) is 3.15. The largest absolute Gasteiger partial charge is 0.377 e. The van der Waals surface area contributed by atoms with Gasteiger partial charge in [-0.15, -0.1) is 0 Å². The highest BCUT2D eigenvalue weighted by atomic mass is 16.5. The lowest BCUT2D eigenvalue weighted by Gasteiger charge is -2.31. The van der Waals surface area contributed by atoms with Crippen LogP contribution in [0.1, 0.15) is 27.8 Å². The van der Waals surface area contributed by atoms with Crippen LogP contribution < -0.4 is 0 Å². The quantitative estimate of drug-likeness (QED) is 0.666. The molecule has 0 aliphatic carbocycles. The summed E-state index contributed by atoms with van der Waals surface area (Å²) in [6, 6.07) is 3.88. The third-order valence-electron chi connectivity index (χ3n) is 4.43. The number of methoxy groups -OCH3 is 1. The van der Waals surface area contributed by atoms with E-state index < -0.39 is 0 Å². The van der Waals surface area contributed by atoms with Crippen LogP contribution in [0.2, 0.25) is 0 Å². The van der Waals surface area contributed by atoms with Crippen molar-refractivity contribution in [2.45, 2.75) is 26.1 Å². The predicted octanol–water partition coefficient (Wildman–Crippen LogP) is 1.26. The third kappa shape index (κ3) is 3.83. The van der Waals surface area contributed by atoms with Gasteiger partial charge in [0.15, 0.2) is 5.82 Å². The van der Waals surface area contributed by atoms with Gasteiger partial charge in [-0.2, -0.15) is 4.98 Å². The normalized spacial score (nSPS) is 17.6. The summed E-state index contributed by atoms with van der Waals surface area (Å²) in [6.07, 6.45) is 3.97. The Morgan fingerprint density at radius 2 is 2.22 bits per heavy atom. The molecule has 0 bridgehead atoms. The third-order valence-corrected chi connectivity index (χ3v) is 4.43. The van der Waals surface area contributed by atoms with Gasteiger partial charge < -0.3 is 23.3 Å². The van der Waals surface area contributed by atoms with E-state index >= 15 is 0 Å². The molecule has 9 nitrogen and oxygen atoms in total. The Morgan fingerprint density at radius 1 is 1.33 bits per heavy atom. The lowest BCUT2D eigenvalue weighted by Crippen LogP contribution is -2.46. The molecule has 1 amide bonds. The van der Waals surface area contributed by atoms with Gasteiger partial charge in [0.05, 0.1) is 19.1 Å². The molecule has 1 atom stereocenters. The molecule has 0 radical (unpaired) electrons. The number of pyridine rings is 1. The summed E-state index contributed by atoms with van der Waals surface area (Å²) in [5, 5.41) is 3.84. The van der Waals surface area contributed by atoms with Gasteiger partial charge in [0.2, 0.25) is 5.89 Å². The van der Waals surface area contributed by atoms with Crippen LogP contribution in [0.25, 0.3) is 5.65 Å². The fraction of sp³-hybridized carbons (Fsp3) is 0.444. The summed E-state index contributed by atoms with van der Waals surface area (Å²) in [7, 11) is 1.57. The summed E-state index contributed by atoms with van der Waals surface area (Å²) in [5.74, 6) is 0.871. The second-order valence-electron chi connectivity index (χ2n) is 6.58. The molecular formula is C18H21N5O4. The standard InChI is InChI=1S/C18H21N5O4/c1-12-3-4-16-19-14(10-23(16)8-12)18(24)22-5-6-26-13(9-22)7-17-20-15(11-25-2)21-27-17/h3-4,8,10,13H,5-7,9,11H2,1-2H3/t13-/m0/s1. The minimum absolute atomic E-state index is 0.102. The maximum Gasteiger partial charge on any atom is 0.274 e. The smallest absolute Gasteiger partial charge is 0.274 e. The van der Waals surface area contributed by atoms with Crippen LogP contribution >= 0.6 is 0 Å². The van der Waals surface area contributed by atoms with Crippen LogP contribution in [-0.4, -0.2) is 63.2 Å². The van der Waals surface area contributed by atoms with E-state index in [4.69, 9.17) is 14.0 Å². The minimum atomic E-state index is -0.196. The number of aryl methyl sites for hydroxylation is 1. The molecule has 9 heteroatoms. The number of imidazole rings is 1. The van der Waals surface area contributed by atoms with E-state index in [1.54, 1.807) is 18.2 Å². The molecule has 4 rings (SSSR count). The first kappa shape index (κ1) is 17.6. The van der Waals surface area contributed by atoms with Gasteiger partial charge in [-0.05, 0) is 18.6 Å². The van der Waals surface area contributed by atoms with E-state index in [0.717, 1.165) is 11.2 Å². The summed E-state index contributed by atoms with van der Waals surface area (Å²) >= 11 is 0. The van der Waals surface area contributed by atoms with Gasteiger partial charge in [-0.3, -0.25) is 4.79 Å². The Labute approximate surface area is 155 Å². The van der Waals surface area contributed by atoms with E-state index in [2.05, 4.69) is 15.1 Å². The number of hydrogen-bond donors (Lipinski definition) is 0. The Balaban J connectivity index is 1.44. The summed E-state index contributed by atoms with van der Waals surface area (Å²) in [5.41, 5.74) is 2.30. The van der Waals surface area contributed by atoms with Crippen molar-refractivity contribution < 1.29 is 18.8 Å². The molecule has 3 aromatic rings. The second kappa shape index (κ2) is 7.45. The number of aromatic nitrogens is 4. The zero-order valence-corrected chi connectivity index (χ0v) is 15.3. The lowest BCUT2D eigenvalue weighted by atomic mass is 10.2. The van der Waals surface area contributed by atoms with Gasteiger partial charge in [0.1, 0.15) is 17.9 Å². The Kier molecular flexibility index (Phi) is 4.87. The van der Waals surface area contributed by atoms with Gasteiger partial charge in [-0.25, -0.2) is 4.98 Å². The van der Waals surface area contributed by atoms with Crippen LogP contribution in [0, 0.1) is 6.92 Å². The van der Waals surface area contributed by atoms with E-state index in [9.17, 15) is 4.79 Å². The molecule has 0 N–H and O–H groups in total. The number of ether oxygens (including phenoxy) is 2. The van der Waals surface area contributed by atoms with Crippen molar-refractivity contribution in [1.29, 1.82) is 0 Å². The van der Waals surface area contributed by atoms with Crippen molar-refractivity contribution in [2.75, 3.05) is 26.8 Å². The first-order chi connectivity index (χ1) is 13.1. The maximum atomic E-state index is 12.9. The van der Waals surface area contributed by atoms with E-state index in [0.29, 0.717) is 50.1 Å². The molecule has 1 fully saturated rings. The van der Waals surface area contributed by atoms with Crippen molar-refractivity contribution >= 4 is 11.6 Å². The molecule has 1 aliphatic rings. The van der Waals surface area contributed by atoms with Crippen LogP contribution in [-0.2, 0) is 22.5 Å². The Hall–Kier alpha value is -2.78. The zero-order chi connectivity index (χ0) is 18.8. The second-order valence-corrected chi connectivity index (χ2v) is 6.58. The van der Waals surface area contributed by atoms with E-state index in [-0.39, 0.29) is 12.0 Å². The number of amides is 1. The van der Waals surface area contributed by atoms with Crippen LogP contribution in [0.4, 0.5) is 0 Å². The highest BCUT2D eigenvalue weighted by Gasteiger charge is 2.28. The monoisotopic (exact) mass is 371 g/mol. The SMILES string of the molecule is COCc1noc(C[C@H]2CN(C(=O)c3cn4cc(C)ccc4n3)CCO2)n1. The fourth-order valence-electron chi connectivity index (χ4n) is 3.15. The molecular weight excluding hydrogens is 350 g/mol. The molecule has 1 aliphatic heterocycles. The number of morpholine rings is 1. The van der Waals surface area contributed by atoms with Gasteiger partial charge >= 0.3 is 0 Å². The molecule has 1 saturated heterocycles. The molecule has 4 heterocycles. The van der Waals surface area contributed by atoms with Crippen LogP contribution in [0.5, 0.6) is 0 Å². The molecule has 3 aromatic heterocycles. The average Bonchev–Trinajstić information content (AvgIpc) is 3.28. The van der Waals surface area contributed by atoms with Gasteiger partial charge in [-0.1, -0.05) is 11.2 Å². The van der Waals surface area contributed by atoms with Crippen molar-refractivity contribution in [3.8, 4) is 0 Å². The molecule has 27 heavy (non-hydrogen) atoms. The first-order valence-electron chi connectivity index (χ1n) is 8.79. The van der Waals surface area contributed by atoms with Crippen LogP contribution in [0.3, 0.4) is 0 Å². The Bertz CT molecular complexity index is 950. The number of nitrogens with zero attached hydrogens (tertiary/aromatic N) is 5. The Morgan fingerprint density at radius 3 is 3.07 bits per heavy atom. The van der Waals surface area contributed by atoms with Crippen molar-refractivity contribution in [3.05, 3.63) is 47.5 Å². The minimum Gasteiger partial charge on any atom is -0.377 e. The number of hydrogen-bond acceptors (Lipinski definition) is 7. The molecule has 0 aromatic carbocycles. The van der Waals surface area contributed by atoms with E-state index in [1.807, 2.05) is 29.7 Å². The zero-order valence-electron chi connectivity index (χ0n) is 15.3. The number of fused-ring (bicyclic) bond motifs is 1. The average molecular weight is 371 g/mol. The first-order valence-corrected chi connectivity index (χ1v) is 8.79. The molecule has 0 spiro atoms. The topological polar surface area (TPSA) is 95.0 Å². The van der Waals surface area contributed by atoms with Crippen LogP contribution in [0.15, 0.2) is 29.0 Å². The molecule has 142 valence electrons. The summed E-state index contributed by atoms with van der Waals surface area (Å²) in [6.45, 7) is 3.74. The van der Waals surface area contributed by atoms with Gasteiger partial charge in [0.25, 0.3) is 5.91 Å². The van der Waals surface area contributed by atoms with Gasteiger partial charge in [0, 0.05) is 32.6 Å². The number of rotatable bonds is 5. The maximum absolute atomic E-state index is 12.9. The predicted molar refractivity (Wildman–Crippen MR) is 94.3 cm³/mol. The van der Waals surface area contributed by atoms with Crippen molar-refractivity contribution in [2.24, 2.45) is 0 Å². The lowest BCUT2D eigenvalue weighted by molar-refractivity contribution is -0.0239. The highest BCUT2D eigenvalue weighted by molar-refractivity contribution is 5.93. The highest BCUT2D eigenvalue weighted by Crippen LogP contribution is 2.15. The molecule has 0 unspecified atom stereocenters. The summed E-state index contributed by atoms with van der Waals surface area (Å²) in [4.78, 5) is 23.3. The molecule has 0 saturated carbocycles. The number of carbonyl (C=O) groups is 1. The summed E-state index contributed by atoms with van der Waals surface area (Å²) < 4.78 is 17.8. The van der Waals surface area contributed by atoms with E-state index in [1.165, 1.54) is 0 Å².